The average molecular weight is 1790 g/mol. The second kappa shape index (κ2) is 31.6. The van der Waals surface area contributed by atoms with Crippen LogP contribution in [0, 0.1) is 0 Å². The first-order valence-electron chi connectivity index (χ1n) is 50.0. The van der Waals surface area contributed by atoms with E-state index >= 15 is 0 Å². The van der Waals surface area contributed by atoms with Crippen LogP contribution in [-0.4, -0.2) is 0 Å². The van der Waals surface area contributed by atoms with Crippen molar-refractivity contribution in [1.82, 2.24) is 0 Å². The molecular formula is C141H98. The monoisotopic (exact) mass is 1790 g/mol. The number of hydrogen-bond donors (Lipinski definition) is 0. The Morgan fingerprint density at radius 1 is 0.191 bits per heavy atom. The Kier molecular flexibility index (Phi) is 18.4. The molecule has 1 atom stereocenters. The quantitative estimate of drug-likeness (QED) is 0.126. The Morgan fingerprint density at radius 2 is 0.482 bits per heavy atom. The standard InChI is InChI=1S/2C47H32.C47H34/c1-47(2)43-27-37(35-12-6-11-34(26-35)36-16-13-29-7-3-4-8-33(29)25-36)19-22-40(43)41-23-20-38(28-44(41)47)39-21-17-32-15-14-30-9-5-10-31-18-24-42(39)46(32)45(30)31;1-47(2)43-27-35(38-13-6-5-12-37(38)34-17-14-29-8-3-4-9-33(29)26-34)20-23-40(43)41-24-21-36(28-44(41)47)39-22-18-32-16-15-30-10-7-11-31-19-25-42(39)46(32)45(30)31;1-47(2)43-27-37(31-12-10-30(11-13-31)36-17-14-29-6-3-4-7-35(29)26-36)20-23-40(43)41-24-21-38(28-44(41)47)39-22-18-34-16-15-32-8-5-9-33-19-25-42(39)46(34)45(32)33/h2*3-28H,1-2H3;3-24,26-28,45H,25H2,1-2H3. The molecule has 0 nitrogen and oxygen atoms in total. The predicted molar refractivity (Wildman–Crippen MR) is 602 cm³/mol. The first-order valence-corrected chi connectivity index (χ1v) is 50.0. The summed E-state index contributed by atoms with van der Waals surface area (Å²) in [6.07, 6.45) is 14.8. The molecule has 0 aliphatic heterocycles. The first-order chi connectivity index (χ1) is 69.1. The molecule has 0 aromatic heterocycles. The molecule has 0 amide bonds. The lowest BCUT2D eigenvalue weighted by Gasteiger charge is -2.34. The molecule has 0 saturated carbocycles. The van der Waals surface area contributed by atoms with E-state index in [1.54, 1.807) is 0 Å². The highest BCUT2D eigenvalue weighted by Gasteiger charge is 2.41. The van der Waals surface area contributed by atoms with Crippen molar-refractivity contribution in [2.24, 2.45) is 0 Å². The third-order valence-electron chi connectivity index (χ3n) is 32.8. The van der Waals surface area contributed by atoms with Crippen LogP contribution in [0.3, 0.4) is 0 Å². The molecule has 30 rings (SSSR count). The van der Waals surface area contributed by atoms with Crippen LogP contribution < -0.4 is 0 Å². The van der Waals surface area contributed by atoms with Gasteiger partial charge in [0.25, 0.3) is 0 Å². The maximum atomic E-state index is 2.49. The van der Waals surface area contributed by atoms with Gasteiger partial charge >= 0.3 is 0 Å². The summed E-state index contributed by atoms with van der Waals surface area (Å²) in [7, 11) is 0. The number of hydrogen-bond acceptors (Lipinski definition) is 0. The van der Waals surface area contributed by atoms with E-state index in [1.165, 1.54) is 292 Å². The molecule has 6 aliphatic rings. The Labute approximate surface area is 822 Å². The van der Waals surface area contributed by atoms with Crippen molar-refractivity contribution < 1.29 is 0 Å². The topological polar surface area (TPSA) is 0 Å². The highest BCUT2D eigenvalue weighted by Crippen LogP contribution is 2.58. The van der Waals surface area contributed by atoms with Crippen LogP contribution in [0.4, 0.5) is 0 Å². The number of allylic oxidation sites excluding steroid dienone is 7. The lowest BCUT2D eigenvalue weighted by molar-refractivity contribution is 0.660. The maximum absolute atomic E-state index is 2.49. The highest BCUT2D eigenvalue weighted by atomic mass is 14.4. The van der Waals surface area contributed by atoms with Crippen LogP contribution in [0.15, 0.2) is 472 Å². The molecular weight excluding hydrogens is 1690 g/mol. The fourth-order valence-electron chi connectivity index (χ4n) is 25.4. The van der Waals surface area contributed by atoms with Crippen LogP contribution in [0.5, 0.6) is 0 Å². The maximum Gasteiger partial charge on any atom is 0.0345 e. The third kappa shape index (κ3) is 13.1. The van der Waals surface area contributed by atoms with E-state index in [0.29, 0.717) is 5.92 Å². The number of rotatable bonds is 9. The molecule has 662 valence electrons. The molecule has 0 saturated heterocycles. The molecule has 0 bridgehead atoms. The van der Waals surface area contributed by atoms with Crippen LogP contribution in [0.25, 0.3) is 237 Å². The van der Waals surface area contributed by atoms with Gasteiger partial charge in [-0.3, -0.25) is 0 Å². The summed E-state index contributed by atoms with van der Waals surface area (Å²) in [6, 6.07) is 161. The van der Waals surface area contributed by atoms with E-state index in [1.807, 2.05) is 0 Å². The Morgan fingerprint density at radius 3 is 0.936 bits per heavy atom. The third-order valence-corrected chi connectivity index (χ3v) is 32.8. The first kappa shape index (κ1) is 82.4. The van der Waals surface area contributed by atoms with E-state index in [4.69, 9.17) is 0 Å². The van der Waals surface area contributed by atoms with Crippen LogP contribution in [-0.2, 0) is 22.7 Å². The van der Waals surface area contributed by atoms with Gasteiger partial charge in [-0.25, -0.2) is 0 Å². The van der Waals surface area contributed by atoms with Gasteiger partial charge < -0.3 is 0 Å². The van der Waals surface area contributed by atoms with Crippen molar-refractivity contribution in [3.8, 4) is 134 Å². The molecule has 0 spiro atoms. The molecule has 24 aromatic carbocycles. The van der Waals surface area contributed by atoms with Gasteiger partial charge in [-0.1, -0.05) is 448 Å². The van der Waals surface area contributed by atoms with E-state index < -0.39 is 0 Å². The summed E-state index contributed by atoms with van der Waals surface area (Å²) < 4.78 is 0. The summed E-state index contributed by atoms with van der Waals surface area (Å²) >= 11 is 0. The smallest absolute Gasteiger partial charge is 0.0345 e. The molecule has 0 N–H and O–H groups in total. The lowest BCUT2D eigenvalue weighted by atomic mass is 9.69. The number of fused-ring (bicyclic) bond motifs is 12. The van der Waals surface area contributed by atoms with E-state index in [-0.39, 0.29) is 16.2 Å². The van der Waals surface area contributed by atoms with Gasteiger partial charge in [0.1, 0.15) is 0 Å². The lowest BCUT2D eigenvalue weighted by Crippen LogP contribution is -2.18. The molecule has 1 unspecified atom stereocenters. The fourth-order valence-corrected chi connectivity index (χ4v) is 25.4. The molecule has 0 heterocycles. The minimum absolute atomic E-state index is 0.0902. The largest absolute Gasteiger partial charge is 0.0759 e. The van der Waals surface area contributed by atoms with E-state index in [0.717, 1.165) is 6.42 Å². The van der Waals surface area contributed by atoms with Gasteiger partial charge in [-0.2, -0.15) is 0 Å². The Bertz CT molecular complexity index is 9560. The summed E-state index contributed by atoms with van der Waals surface area (Å²) in [6.45, 7) is 14.4. The van der Waals surface area contributed by atoms with Crippen molar-refractivity contribution in [1.29, 1.82) is 0 Å². The van der Waals surface area contributed by atoms with Gasteiger partial charge in [-0.05, 0) is 359 Å². The number of benzene rings is 24. The molecule has 141 heavy (non-hydrogen) atoms. The van der Waals surface area contributed by atoms with Gasteiger partial charge in [-0.15, -0.1) is 0 Å². The molecule has 0 heteroatoms. The zero-order chi connectivity index (χ0) is 93.8. The van der Waals surface area contributed by atoms with E-state index in [9.17, 15) is 0 Å². The van der Waals surface area contributed by atoms with Gasteiger partial charge in [0.2, 0.25) is 0 Å². The van der Waals surface area contributed by atoms with Gasteiger partial charge in [0, 0.05) is 22.2 Å². The minimum Gasteiger partial charge on any atom is -0.0759 e. The fraction of sp³-hybridized carbons (Fsp3) is 0.0780. The van der Waals surface area contributed by atoms with E-state index in [2.05, 4.69) is 509 Å². The molecule has 0 radical (unpaired) electrons. The highest BCUT2D eigenvalue weighted by molar-refractivity contribution is 6.27. The van der Waals surface area contributed by atoms with Crippen LogP contribution >= 0.6 is 0 Å². The summed E-state index contributed by atoms with van der Waals surface area (Å²) in [4.78, 5) is 0. The van der Waals surface area contributed by atoms with Crippen LogP contribution in [0.2, 0.25) is 0 Å². The SMILES string of the molecule is CC1(C)c2cc(-c3ccc(-c4ccc5ccccc5c4)cc3)ccc2-c2ccc(-c3ccc4c5c3CC=C3C=CC=C(C=C4)C35)cc21.CC1(C)c2cc(-c3cccc(-c4ccc5ccccc5c4)c3)ccc2-c2ccc(-c3ccc4ccc5cccc6ccc3c4c56)cc21.CC1(C)c2cc(-c3ccccc3-c3ccc4ccccc4c3)ccc2-c2ccc(-c3ccc4ccc5cccc6ccc3c4c56)cc21. The van der Waals surface area contributed by atoms with Crippen molar-refractivity contribution >= 4 is 103 Å². The van der Waals surface area contributed by atoms with Crippen molar-refractivity contribution in [3.63, 3.8) is 0 Å². The summed E-state index contributed by atoms with van der Waals surface area (Å²) in [5, 5.41) is 23.6. The molecule has 0 fully saturated rings. The Hall–Kier alpha value is -16.9. The van der Waals surface area contributed by atoms with Gasteiger partial charge in [0.05, 0.1) is 0 Å². The molecule has 6 aliphatic carbocycles. The summed E-state index contributed by atoms with van der Waals surface area (Å²) in [5.74, 6) is 0.374. The van der Waals surface area contributed by atoms with Crippen molar-refractivity contribution in [2.45, 2.75) is 70.1 Å². The zero-order valence-electron chi connectivity index (χ0n) is 79.7. The zero-order valence-corrected chi connectivity index (χ0v) is 79.7. The predicted octanol–water partition coefficient (Wildman–Crippen LogP) is 38.3. The second-order valence-electron chi connectivity index (χ2n) is 41.6. The average Bonchev–Trinajstić information content (AvgIpc) is 1.47. The normalized spacial score (nSPS) is 14.8. The minimum atomic E-state index is -0.127. The van der Waals surface area contributed by atoms with Crippen molar-refractivity contribution in [2.75, 3.05) is 0 Å². The summed E-state index contributed by atoms with van der Waals surface area (Å²) in [5.41, 5.74) is 46.4. The van der Waals surface area contributed by atoms with Gasteiger partial charge in [0.15, 0.2) is 0 Å². The molecule has 24 aromatic rings. The second-order valence-corrected chi connectivity index (χ2v) is 41.6. The van der Waals surface area contributed by atoms with Crippen LogP contribution in [0.1, 0.15) is 97.5 Å². The Balaban J connectivity index is 0.000000104. The van der Waals surface area contributed by atoms with Crippen molar-refractivity contribution in [3.05, 3.63) is 522 Å².